The van der Waals surface area contributed by atoms with Crippen molar-refractivity contribution in [2.75, 3.05) is 0 Å². The summed E-state index contributed by atoms with van der Waals surface area (Å²) in [6.45, 7) is 3.25. The van der Waals surface area contributed by atoms with Crippen molar-refractivity contribution < 1.29 is 23.1 Å². The van der Waals surface area contributed by atoms with E-state index in [1.165, 1.54) is 13.0 Å². The van der Waals surface area contributed by atoms with Gasteiger partial charge in [-0.2, -0.15) is 0 Å². The third kappa shape index (κ3) is 3.13. The van der Waals surface area contributed by atoms with Crippen LogP contribution in [0, 0.1) is 19.7 Å². The van der Waals surface area contributed by atoms with Gasteiger partial charge in [-0.15, -0.1) is 0 Å². The number of ether oxygens (including phenoxy) is 1. The normalized spacial score (nSPS) is 11.1. The summed E-state index contributed by atoms with van der Waals surface area (Å²) in [4.78, 5) is 11.9. The summed E-state index contributed by atoms with van der Waals surface area (Å²) in [5.41, 5.74) is 0.985. The zero-order valence-electron chi connectivity index (χ0n) is 15.3. The van der Waals surface area contributed by atoms with E-state index in [9.17, 15) is 14.3 Å². The van der Waals surface area contributed by atoms with Crippen LogP contribution in [0.15, 0.2) is 62.2 Å². The minimum atomic E-state index is -0.618. The number of benzene rings is 2. The molecule has 0 aliphatic heterocycles. The molecule has 2 aromatic heterocycles. The van der Waals surface area contributed by atoms with Gasteiger partial charge in [0.05, 0.1) is 5.56 Å². The van der Waals surface area contributed by atoms with Crippen molar-refractivity contribution in [3.05, 3.63) is 81.5 Å². The van der Waals surface area contributed by atoms with Crippen LogP contribution >= 0.6 is 0 Å². The van der Waals surface area contributed by atoms with Gasteiger partial charge in [-0.25, -0.2) is 9.18 Å². The lowest BCUT2D eigenvalue weighted by Gasteiger charge is -2.06. The maximum absolute atomic E-state index is 13.7. The zero-order chi connectivity index (χ0) is 19.8. The smallest absolute Gasteiger partial charge is 0.343 e. The first-order valence-corrected chi connectivity index (χ1v) is 8.67. The van der Waals surface area contributed by atoms with Crippen molar-refractivity contribution in [1.29, 1.82) is 0 Å². The van der Waals surface area contributed by atoms with Gasteiger partial charge in [0.25, 0.3) is 0 Å². The van der Waals surface area contributed by atoms with Gasteiger partial charge < -0.3 is 18.7 Å². The summed E-state index contributed by atoms with van der Waals surface area (Å²) in [7, 11) is 0. The van der Waals surface area contributed by atoms with Crippen molar-refractivity contribution in [2.24, 2.45) is 0 Å². The standard InChI is InChI=1S/C22H17FO5/c1-12-20(24)13(2)22(25)28-21(12)19-10-15-9-16(7-8-18(15)27-19)26-11-14-5-3-4-6-17(14)23/h3-10,24H,11H2,1-2H3. The van der Waals surface area contributed by atoms with E-state index in [4.69, 9.17) is 13.6 Å². The van der Waals surface area contributed by atoms with E-state index < -0.39 is 5.63 Å². The fourth-order valence-corrected chi connectivity index (χ4v) is 2.97. The number of fused-ring (bicyclic) bond motifs is 1. The molecule has 0 radical (unpaired) electrons. The Morgan fingerprint density at radius 2 is 1.82 bits per heavy atom. The average Bonchev–Trinajstić information content (AvgIpc) is 3.11. The first-order chi connectivity index (χ1) is 13.4. The molecule has 6 heteroatoms. The number of hydrogen-bond acceptors (Lipinski definition) is 5. The number of aromatic hydroxyl groups is 1. The Bertz CT molecular complexity index is 1240. The topological polar surface area (TPSA) is 72.8 Å². The van der Waals surface area contributed by atoms with Gasteiger partial charge in [-0.05, 0) is 44.2 Å². The monoisotopic (exact) mass is 380 g/mol. The van der Waals surface area contributed by atoms with Crippen LogP contribution in [0.1, 0.15) is 16.7 Å². The molecule has 5 nitrogen and oxygen atoms in total. The Hall–Kier alpha value is -3.54. The Kier molecular flexibility index (Phi) is 4.39. The molecule has 0 amide bonds. The van der Waals surface area contributed by atoms with Crippen molar-refractivity contribution in [3.63, 3.8) is 0 Å². The highest BCUT2D eigenvalue weighted by atomic mass is 19.1. The van der Waals surface area contributed by atoms with E-state index in [-0.39, 0.29) is 29.5 Å². The third-order valence-corrected chi connectivity index (χ3v) is 4.62. The molecular weight excluding hydrogens is 363 g/mol. The van der Waals surface area contributed by atoms with E-state index in [1.54, 1.807) is 49.4 Å². The molecule has 0 unspecified atom stereocenters. The number of rotatable bonds is 4. The molecular formula is C22H17FO5. The van der Waals surface area contributed by atoms with Gasteiger partial charge in [0.1, 0.15) is 29.5 Å². The van der Waals surface area contributed by atoms with Gasteiger partial charge in [-0.1, -0.05) is 18.2 Å². The Morgan fingerprint density at radius 1 is 1.04 bits per heavy atom. The molecule has 0 atom stereocenters. The number of hydrogen-bond donors (Lipinski definition) is 1. The van der Waals surface area contributed by atoms with E-state index in [2.05, 4.69) is 0 Å². The van der Waals surface area contributed by atoms with Crippen molar-refractivity contribution >= 4 is 11.0 Å². The van der Waals surface area contributed by atoms with Crippen LogP contribution in [0.2, 0.25) is 0 Å². The Morgan fingerprint density at radius 3 is 2.61 bits per heavy atom. The fraction of sp³-hybridized carbons (Fsp3) is 0.136. The van der Waals surface area contributed by atoms with Crippen LogP contribution in [-0.4, -0.2) is 5.11 Å². The molecule has 0 aliphatic rings. The van der Waals surface area contributed by atoms with Crippen LogP contribution in [-0.2, 0) is 6.61 Å². The van der Waals surface area contributed by atoms with Gasteiger partial charge in [-0.3, -0.25) is 0 Å². The predicted molar refractivity (Wildman–Crippen MR) is 102 cm³/mol. The number of furan rings is 1. The molecule has 2 aromatic carbocycles. The largest absolute Gasteiger partial charge is 0.507 e. The van der Waals surface area contributed by atoms with Crippen LogP contribution in [0.25, 0.3) is 22.5 Å². The molecule has 0 spiro atoms. The van der Waals surface area contributed by atoms with Crippen molar-refractivity contribution in [3.8, 4) is 23.0 Å². The lowest BCUT2D eigenvalue weighted by atomic mass is 10.1. The second kappa shape index (κ2) is 6.88. The van der Waals surface area contributed by atoms with E-state index >= 15 is 0 Å². The highest BCUT2D eigenvalue weighted by molar-refractivity contribution is 5.84. The molecule has 28 heavy (non-hydrogen) atoms. The average molecular weight is 380 g/mol. The quantitative estimate of drug-likeness (QED) is 0.534. The molecule has 0 fully saturated rings. The minimum Gasteiger partial charge on any atom is -0.507 e. The van der Waals surface area contributed by atoms with Crippen LogP contribution in [0.4, 0.5) is 4.39 Å². The maximum atomic E-state index is 13.7. The zero-order valence-corrected chi connectivity index (χ0v) is 15.3. The Balaban J connectivity index is 1.66. The summed E-state index contributed by atoms with van der Waals surface area (Å²) in [6.07, 6.45) is 0. The Labute approximate surface area is 159 Å². The second-order valence-corrected chi connectivity index (χ2v) is 6.51. The predicted octanol–water partition coefficient (Wildman–Crippen LogP) is 5.09. The molecule has 0 aliphatic carbocycles. The van der Waals surface area contributed by atoms with E-state index in [0.717, 1.165) is 5.39 Å². The van der Waals surface area contributed by atoms with Gasteiger partial charge in [0, 0.05) is 16.5 Å². The van der Waals surface area contributed by atoms with Crippen molar-refractivity contribution in [2.45, 2.75) is 20.5 Å². The SMILES string of the molecule is Cc1c(-c2cc3cc(OCc4ccccc4F)ccc3o2)oc(=O)c(C)c1O. The van der Waals surface area contributed by atoms with E-state index in [1.807, 2.05) is 0 Å². The lowest BCUT2D eigenvalue weighted by Crippen LogP contribution is -2.05. The summed E-state index contributed by atoms with van der Waals surface area (Å²) < 4.78 is 30.5. The van der Waals surface area contributed by atoms with Crippen LogP contribution < -0.4 is 10.4 Å². The van der Waals surface area contributed by atoms with E-state index in [0.29, 0.717) is 28.2 Å². The fourth-order valence-electron chi connectivity index (χ4n) is 2.97. The first kappa shape index (κ1) is 17.9. The van der Waals surface area contributed by atoms with Crippen molar-refractivity contribution in [1.82, 2.24) is 0 Å². The second-order valence-electron chi connectivity index (χ2n) is 6.51. The van der Waals surface area contributed by atoms with Gasteiger partial charge >= 0.3 is 5.63 Å². The van der Waals surface area contributed by atoms with Gasteiger partial charge in [0.15, 0.2) is 11.5 Å². The molecule has 2 heterocycles. The highest BCUT2D eigenvalue weighted by Crippen LogP contribution is 2.34. The molecule has 1 N–H and O–H groups in total. The van der Waals surface area contributed by atoms with Crippen LogP contribution in [0.3, 0.4) is 0 Å². The molecule has 142 valence electrons. The number of halogens is 1. The molecule has 0 saturated carbocycles. The molecule has 4 aromatic rings. The summed E-state index contributed by atoms with van der Waals surface area (Å²) >= 11 is 0. The molecule has 0 bridgehead atoms. The summed E-state index contributed by atoms with van der Waals surface area (Å²) in [6, 6.07) is 13.3. The summed E-state index contributed by atoms with van der Waals surface area (Å²) in [5, 5.41) is 10.8. The maximum Gasteiger partial charge on any atom is 0.343 e. The minimum absolute atomic E-state index is 0.0999. The van der Waals surface area contributed by atoms with Crippen LogP contribution in [0.5, 0.6) is 11.5 Å². The summed E-state index contributed by atoms with van der Waals surface area (Å²) in [5.74, 6) is 0.622. The highest BCUT2D eigenvalue weighted by Gasteiger charge is 2.18. The first-order valence-electron chi connectivity index (χ1n) is 8.67. The van der Waals surface area contributed by atoms with Gasteiger partial charge in [0.2, 0.25) is 0 Å². The molecule has 0 saturated heterocycles. The third-order valence-electron chi connectivity index (χ3n) is 4.62. The molecule has 4 rings (SSSR count). The lowest BCUT2D eigenvalue weighted by molar-refractivity contribution is 0.300.